The highest BCUT2D eigenvalue weighted by Crippen LogP contribution is 2.23. The van der Waals surface area contributed by atoms with Crippen molar-refractivity contribution in [1.29, 1.82) is 0 Å². The molecule has 1 heterocycles. The zero-order chi connectivity index (χ0) is 10.6. The van der Waals surface area contributed by atoms with Gasteiger partial charge in [-0.1, -0.05) is 0 Å². The number of piperidine rings is 1. The van der Waals surface area contributed by atoms with E-state index in [2.05, 4.69) is 11.8 Å². The molecule has 0 aromatic rings. The molecule has 0 spiro atoms. The molecule has 3 heteroatoms. The first-order valence-electron chi connectivity index (χ1n) is 5.51. The molecular formula is C11H23NO2. The van der Waals surface area contributed by atoms with Gasteiger partial charge in [-0.2, -0.15) is 0 Å². The van der Waals surface area contributed by atoms with E-state index in [4.69, 9.17) is 4.74 Å². The Labute approximate surface area is 87.1 Å². The summed E-state index contributed by atoms with van der Waals surface area (Å²) in [5, 5.41) is 9.21. The summed E-state index contributed by atoms with van der Waals surface area (Å²) in [5.74, 6) is 0. The van der Waals surface area contributed by atoms with E-state index in [1.54, 1.807) is 7.11 Å². The number of aliphatic hydroxyl groups is 1. The molecule has 2 atom stereocenters. The van der Waals surface area contributed by atoms with Crippen LogP contribution in [0.4, 0.5) is 0 Å². The summed E-state index contributed by atoms with van der Waals surface area (Å²) in [6.45, 7) is 7.14. The SMILES string of the molecule is COC1(C)CCCN(CCC(C)O)C1. The van der Waals surface area contributed by atoms with Gasteiger partial charge in [0, 0.05) is 20.2 Å². The number of methoxy groups -OCH3 is 1. The second-order valence-corrected chi connectivity index (χ2v) is 4.67. The van der Waals surface area contributed by atoms with E-state index in [0.29, 0.717) is 0 Å². The lowest BCUT2D eigenvalue weighted by atomic mass is 9.94. The third-order valence-corrected chi connectivity index (χ3v) is 3.09. The third kappa shape index (κ3) is 3.56. The minimum Gasteiger partial charge on any atom is -0.393 e. The number of hydrogen-bond donors (Lipinski definition) is 1. The van der Waals surface area contributed by atoms with Crippen LogP contribution < -0.4 is 0 Å². The monoisotopic (exact) mass is 201 g/mol. The van der Waals surface area contributed by atoms with Crippen LogP contribution in [0, 0.1) is 0 Å². The van der Waals surface area contributed by atoms with Crippen molar-refractivity contribution in [2.75, 3.05) is 26.7 Å². The van der Waals surface area contributed by atoms with Crippen LogP contribution >= 0.6 is 0 Å². The van der Waals surface area contributed by atoms with Gasteiger partial charge >= 0.3 is 0 Å². The summed E-state index contributed by atoms with van der Waals surface area (Å²) >= 11 is 0. The van der Waals surface area contributed by atoms with E-state index in [1.165, 1.54) is 6.42 Å². The molecule has 1 fully saturated rings. The van der Waals surface area contributed by atoms with E-state index in [9.17, 15) is 5.11 Å². The minimum atomic E-state index is -0.189. The van der Waals surface area contributed by atoms with Crippen LogP contribution in [0.25, 0.3) is 0 Å². The number of rotatable bonds is 4. The molecule has 84 valence electrons. The lowest BCUT2D eigenvalue weighted by molar-refractivity contribution is -0.0524. The van der Waals surface area contributed by atoms with Gasteiger partial charge in [-0.25, -0.2) is 0 Å². The quantitative estimate of drug-likeness (QED) is 0.743. The predicted octanol–water partition coefficient (Wildman–Crippen LogP) is 1.26. The normalized spacial score (nSPS) is 31.7. The molecule has 3 nitrogen and oxygen atoms in total. The Morgan fingerprint density at radius 3 is 2.86 bits per heavy atom. The van der Waals surface area contributed by atoms with Gasteiger partial charge in [0.25, 0.3) is 0 Å². The van der Waals surface area contributed by atoms with Gasteiger partial charge in [0.1, 0.15) is 0 Å². The smallest absolute Gasteiger partial charge is 0.0777 e. The zero-order valence-electron chi connectivity index (χ0n) is 9.62. The second kappa shape index (κ2) is 5.10. The van der Waals surface area contributed by atoms with Gasteiger partial charge < -0.3 is 14.7 Å². The molecule has 1 N–H and O–H groups in total. The van der Waals surface area contributed by atoms with Crippen molar-refractivity contribution in [3.8, 4) is 0 Å². The van der Waals surface area contributed by atoms with Gasteiger partial charge in [-0.05, 0) is 39.7 Å². The average molecular weight is 201 g/mol. The van der Waals surface area contributed by atoms with Crippen LogP contribution in [0.3, 0.4) is 0 Å². The van der Waals surface area contributed by atoms with Gasteiger partial charge in [-0.15, -0.1) is 0 Å². The minimum absolute atomic E-state index is 0.0247. The van der Waals surface area contributed by atoms with Crippen molar-refractivity contribution in [2.24, 2.45) is 0 Å². The molecule has 2 unspecified atom stereocenters. The van der Waals surface area contributed by atoms with Crippen molar-refractivity contribution in [3.05, 3.63) is 0 Å². The van der Waals surface area contributed by atoms with Gasteiger partial charge in [0.15, 0.2) is 0 Å². The van der Waals surface area contributed by atoms with Crippen LogP contribution in [0.15, 0.2) is 0 Å². The maximum Gasteiger partial charge on any atom is 0.0777 e. The molecule has 0 amide bonds. The highest BCUT2D eigenvalue weighted by Gasteiger charge is 2.30. The highest BCUT2D eigenvalue weighted by molar-refractivity contribution is 4.84. The summed E-state index contributed by atoms with van der Waals surface area (Å²) < 4.78 is 5.51. The van der Waals surface area contributed by atoms with E-state index in [-0.39, 0.29) is 11.7 Å². The van der Waals surface area contributed by atoms with E-state index < -0.39 is 0 Å². The van der Waals surface area contributed by atoms with Gasteiger partial charge in [0.05, 0.1) is 11.7 Å². The molecule has 0 bridgehead atoms. The zero-order valence-corrected chi connectivity index (χ0v) is 9.62. The van der Waals surface area contributed by atoms with E-state index in [1.807, 2.05) is 6.92 Å². The maximum absolute atomic E-state index is 9.21. The number of likely N-dealkylation sites (tertiary alicyclic amines) is 1. The molecule has 0 radical (unpaired) electrons. The molecule has 14 heavy (non-hydrogen) atoms. The molecule has 0 aromatic heterocycles. The molecule has 1 saturated heterocycles. The maximum atomic E-state index is 9.21. The largest absolute Gasteiger partial charge is 0.393 e. The molecular weight excluding hydrogens is 178 g/mol. The van der Waals surface area contributed by atoms with Crippen LogP contribution in [0.5, 0.6) is 0 Å². The molecule has 1 aliphatic rings. The van der Waals surface area contributed by atoms with E-state index in [0.717, 1.165) is 32.5 Å². The van der Waals surface area contributed by atoms with Crippen LogP contribution in [-0.4, -0.2) is 48.5 Å². The number of ether oxygens (including phenoxy) is 1. The summed E-state index contributed by atoms with van der Waals surface area (Å²) in [6.07, 6.45) is 3.02. The second-order valence-electron chi connectivity index (χ2n) is 4.67. The molecule has 0 aliphatic carbocycles. The Morgan fingerprint density at radius 2 is 2.29 bits per heavy atom. The first-order chi connectivity index (χ1) is 6.56. The Morgan fingerprint density at radius 1 is 1.57 bits per heavy atom. The van der Waals surface area contributed by atoms with Crippen LogP contribution in [-0.2, 0) is 4.74 Å². The fraction of sp³-hybridized carbons (Fsp3) is 1.00. The Bertz CT molecular complexity index is 173. The Hall–Kier alpha value is -0.120. The van der Waals surface area contributed by atoms with Crippen molar-refractivity contribution in [1.82, 2.24) is 4.90 Å². The first kappa shape index (κ1) is 12.0. The number of nitrogens with zero attached hydrogens (tertiary/aromatic N) is 1. The fourth-order valence-electron chi connectivity index (χ4n) is 2.03. The Kier molecular flexibility index (Phi) is 4.35. The van der Waals surface area contributed by atoms with Crippen molar-refractivity contribution in [2.45, 2.75) is 44.8 Å². The molecule has 1 aliphatic heterocycles. The van der Waals surface area contributed by atoms with Crippen molar-refractivity contribution < 1.29 is 9.84 Å². The summed E-state index contributed by atoms with van der Waals surface area (Å²) in [6, 6.07) is 0. The van der Waals surface area contributed by atoms with Gasteiger partial charge in [0.2, 0.25) is 0 Å². The first-order valence-corrected chi connectivity index (χ1v) is 5.51. The molecule has 1 rings (SSSR count). The number of hydrogen-bond acceptors (Lipinski definition) is 3. The number of aliphatic hydroxyl groups excluding tert-OH is 1. The predicted molar refractivity (Wildman–Crippen MR) is 57.4 cm³/mol. The van der Waals surface area contributed by atoms with Crippen molar-refractivity contribution >= 4 is 0 Å². The lowest BCUT2D eigenvalue weighted by Gasteiger charge is -2.39. The summed E-state index contributed by atoms with van der Waals surface area (Å²) in [5.41, 5.74) is 0.0247. The molecule has 0 aromatic carbocycles. The topological polar surface area (TPSA) is 32.7 Å². The molecule has 0 saturated carbocycles. The standard InChI is InChI=1S/C11H23NO2/c1-10(13)5-8-12-7-4-6-11(2,9-12)14-3/h10,13H,4-9H2,1-3H3. The van der Waals surface area contributed by atoms with Gasteiger partial charge in [-0.3, -0.25) is 0 Å². The summed E-state index contributed by atoms with van der Waals surface area (Å²) in [4.78, 5) is 2.39. The summed E-state index contributed by atoms with van der Waals surface area (Å²) in [7, 11) is 1.79. The average Bonchev–Trinajstić information content (AvgIpc) is 2.15. The fourth-order valence-corrected chi connectivity index (χ4v) is 2.03. The third-order valence-electron chi connectivity index (χ3n) is 3.09. The van der Waals surface area contributed by atoms with E-state index >= 15 is 0 Å². The lowest BCUT2D eigenvalue weighted by Crippen LogP contribution is -2.47. The van der Waals surface area contributed by atoms with Crippen molar-refractivity contribution in [3.63, 3.8) is 0 Å². The highest BCUT2D eigenvalue weighted by atomic mass is 16.5. The van der Waals surface area contributed by atoms with Crippen LogP contribution in [0.1, 0.15) is 33.1 Å². The Balaban J connectivity index is 2.33. The van der Waals surface area contributed by atoms with Crippen LogP contribution in [0.2, 0.25) is 0 Å².